The van der Waals surface area contributed by atoms with Crippen molar-refractivity contribution in [3.8, 4) is 0 Å². The van der Waals surface area contributed by atoms with Crippen LogP contribution in [0.1, 0.15) is 39.2 Å². The highest BCUT2D eigenvalue weighted by Gasteiger charge is 2.45. The first kappa shape index (κ1) is 24.2. The number of rotatable bonds is 11. The zero-order valence-electron chi connectivity index (χ0n) is 19.0. The number of carbonyl (C=O) groups excluding carboxylic acids is 2. The van der Waals surface area contributed by atoms with Crippen LogP contribution in [0.4, 0.5) is 9.59 Å². The molecule has 2 heterocycles. The van der Waals surface area contributed by atoms with E-state index in [0.29, 0.717) is 26.3 Å². The number of nitrogens with zero attached hydrogens (tertiary/aromatic N) is 2. The summed E-state index contributed by atoms with van der Waals surface area (Å²) >= 11 is 0. The molecule has 10 nitrogen and oxygen atoms in total. The molecule has 0 saturated carbocycles. The first-order chi connectivity index (χ1) is 15.3. The zero-order chi connectivity index (χ0) is 23.0. The SMILES string of the molecule is CC(C)(C)OC(=O)NCCONCOC[C@@H]1CC[C@@H]2CN1C(=O)N2OCc1ccccc1. The summed E-state index contributed by atoms with van der Waals surface area (Å²) in [6.45, 7) is 7.63. The van der Waals surface area contributed by atoms with Gasteiger partial charge in [0.15, 0.2) is 0 Å². The lowest BCUT2D eigenvalue weighted by atomic mass is 10.0. The van der Waals surface area contributed by atoms with Crippen molar-refractivity contribution < 1.29 is 28.7 Å². The van der Waals surface area contributed by atoms with Gasteiger partial charge in [-0.25, -0.2) is 9.59 Å². The maximum Gasteiger partial charge on any atom is 0.407 e. The van der Waals surface area contributed by atoms with Gasteiger partial charge < -0.3 is 19.7 Å². The number of alkyl carbamates (subject to hydrolysis) is 1. The normalized spacial score (nSPS) is 20.5. The lowest BCUT2D eigenvalue weighted by Gasteiger charge is -2.30. The van der Waals surface area contributed by atoms with Crippen molar-refractivity contribution in [2.24, 2.45) is 0 Å². The van der Waals surface area contributed by atoms with E-state index in [4.69, 9.17) is 19.1 Å². The van der Waals surface area contributed by atoms with Crippen LogP contribution in [0, 0.1) is 0 Å². The number of carbonyl (C=O) groups is 2. The number of benzene rings is 1. The molecule has 10 heteroatoms. The Morgan fingerprint density at radius 1 is 1.19 bits per heavy atom. The second-order valence-corrected chi connectivity index (χ2v) is 8.84. The molecule has 178 valence electrons. The third-order valence-electron chi connectivity index (χ3n) is 5.11. The molecule has 3 rings (SSSR count). The summed E-state index contributed by atoms with van der Waals surface area (Å²) in [7, 11) is 0. The minimum atomic E-state index is -0.530. The standard InChI is InChI=1S/C22H34N4O6/c1-22(2,3)32-20(27)23-11-12-30-24-16-29-15-19-10-9-18-13-25(19)21(28)26(18)31-14-17-7-5-4-6-8-17/h4-8,18-19,24H,9-16H2,1-3H3,(H,23,27)/t18-,19+/m1/s1. The summed E-state index contributed by atoms with van der Waals surface area (Å²) in [6.07, 6.45) is 1.26. The Labute approximate surface area is 189 Å². The molecule has 0 radical (unpaired) electrons. The maximum atomic E-state index is 12.8. The third kappa shape index (κ3) is 7.33. The molecule has 3 amide bonds. The number of urea groups is 1. The molecule has 0 aromatic heterocycles. The molecule has 2 atom stereocenters. The fraction of sp³-hybridized carbons (Fsp3) is 0.636. The molecular weight excluding hydrogens is 416 g/mol. The number of amides is 3. The number of nitrogens with one attached hydrogen (secondary N) is 2. The summed E-state index contributed by atoms with van der Waals surface area (Å²) in [5.41, 5.74) is 3.20. The Morgan fingerprint density at radius 2 is 1.97 bits per heavy atom. The van der Waals surface area contributed by atoms with E-state index in [0.717, 1.165) is 18.4 Å². The van der Waals surface area contributed by atoms with Gasteiger partial charge in [0.1, 0.15) is 18.9 Å². The van der Waals surface area contributed by atoms with Gasteiger partial charge >= 0.3 is 12.1 Å². The van der Waals surface area contributed by atoms with Gasteiger partial charge in [-0.3, -0.25) is 9.68 Å². The number of ether oxygens (including phenoxy) is 2. The monoisotopic (exact) mass is 450 g/mol. The Bertz CT molecular complexity index is 742. The van der Waals surface area contributed by atoms with E-state index in [1.165, 1.54) is 5.06 Å². The summed E-state index contributed by atoms with van der Waals surface area (Å²) in [4.78, 5) is 37.1. The van der Waals surface area contributed by atoms with Gasteiger partial charge in [-0.05, 0) is 39.2 Å². The molecular formula is C22H34N4O6. The topological polar surface area (TPSA) is 102 Å². The second kappa shape index (κ2) is 11.5. The van der Waals surface area contributed by atoms with E-state index in [9.17, 15) is 9.59 Å². The molecule has 1 aromatic rings. The van der Waals surface area contributed by atoms with E-state index in [1.54, 1.807) is 20.8 Å². The van der Waals surface area contributed by atoms with Gasteiger partial charge in [0.05, 0.1) is 25.3 Å². The predicted molar refractivity (Wildman–Crippen MR) is 116 cm³/mol. The van der Waals surface area contributed by atoms with Crippen LogP contribution >= 0.6 is 0 Å². The summed E-state index contributed by atoms with van der Waals surface area (Å²) in [5.74, 6) is 0. The molecule has 2 N–H and O–H groups in total. The highest BCUT2D eigenvalue weighted by atomic mass is 16.7. The van der Waals surface area contributed by atoms with Gasteiger partial charge in [-0.15, -0.1) is 0 Å². The molecule has 0 unspecified atom stereocenters. The van der Waals surface area contributed by atoms with Crippen molar-refractivity contribution in [2.75, 3.05) is 33.0 Å². The molecule has 2 aliphatic heterocycles. The lowest BCUT2D eigenvalue weighted by molar-refractivity contribution is -0.140. The Balaban J connectivity index is 1.27. The molecule has 2 bridgehead atoms. The highest BCUT2D eigenvalue weighted by molar-refractivity contribution is 5.77. The van der Waals surface area contributed by atoms with E-state index >= 15 is 0 Å². The second-order valence-electron chi connectivity index (χ2n) is 8.84. The van der Waals surface area contributed by atoms with Gasteiger partial charge in [-0.1, -0.05) is 30.3 Å². The average Bonchev–Trinajstić information content (AvgIpc) is 2.99. The van der Waals surface area contributed by atoms with Gasteiger partial charge in [-0.2, -0.15) is 10.5 Å². The Hall–Kier alpha value is -2.40. The Kier molecular flexibility index (Phi) is 8.68. The number of hydrogen-bond acceptors (Lipinski definition) is 7. The first-order valence-electron chi connectivity index (χ1n) is 11.0. The number of hydrogen-bond donors (Lipinski definition) is 2. The summed E-state index contributed by atoms with van der Waals surface area (Å²) in [5, 5.41) is 4.12. The molecule has 0 aliphatic carbocycles. The lowest BCUT2D eigenvalue weighted by Crippen LogP contribution is -2.43. The van der Waals surface area contributed by atoms with Crippen LogP contribution in [0.15, 0.2) is 30.3 Å². The van der Waals surface area contributed by atoms with Crippen LogP contribution in [0.5, 0.6) is 0 Å². The number of fused-ring (bicyclic) bond motifs is 2. The summed E-state index contributed by atoms with van der Waals surface area (Å²) < 4.78 is 10.8. The van der Waals surface area contributed by atoms with Crippen molar-refractivity contribution in [3.63, 3.8) is 0 Å². The van der Waals surface area contributed by atoms with Crippen molar-refractivity contribution in [3.05, 3.63) is 35.9 Å². The fourth-order valence-corrected chi connectivity index (χ4v) is 3.64. The van der Waals surface area contributed by atoms with Crippen LogP contribution < -0.4 is 10.8 Å². The fourth-order valence-electron chi connectivity index (χ4n) is 3.64. The zero-order valence-corrected chi connectivity index (χ0v) is 19.0. The summed E-state index contributed by atoms with van der Waals surface area (Å²) in [6, 6.07) is 9.81. The molecule has 0 spiro atoms. The van der Waals surface area contributed by atoms with E-state index in [1.807, 2.05) is 35.2 Å². The molecule has 2 saturated heterocycles. The van der Waals surface area contributed by atoms with Crippen molar-refractivity contribution in [1.82, 2.24) is 20.8 Å². The van der Waals surface area contributed by atoms with Crippen molar-refractivity contribution in [1.29, 1.82) is 0 Å². The van der Waals surface area contributed by atoms with Crippen LogP contribution in [-0.4, -0.2) is 72.8 Å². The van der Waals surface area contributed by atoms with Crippen molar-refractivity contribution >= 4 is 12.1 Å². The van der Waals surface area contributed by atoms with Crippen LogP contribution in [0.3, 0.4) is 0 Å². The molecule has 32 heavy (non-hydrogen) atoms. The smallest absolute Gasteiger partial charge is 0.407 e. The minimum absolute atomic E-state index is 0.0136. The van der Waals surface area contributed by atoms with Gasteiger partial charge in [0, 0.05) is 13.1 Å². The first-order valence-corrected chi connectivity index (χ1v) is 11.0. The van der Waals surface area contributed by atoms with Gasteiger partial charge in [0.25, 0.3) is 0 Å². The Morgan fingerprint density at radius 3 is 2.72 bits per heavy atom. The highest BCUT2D eigenvalue weighted by Crippen LogP contribution is 2.30. The number of hydroxylamine groups is 3. The van der Waals surface area contributed by atoms with Gasteiger partial charge in [0.2, 0.25) is 0 Å². The average molecular weight is 451 g/mol. The molecule has 2 fully saturated rings. The van der Waals surface area contributed by atoms with E-state index in [-0.39, 0.29) is 31.5 Å². The minimum Gasteiger partial charge on any atom is -0.444 e. The largest absolute Gasteiger partial charge is 0.444 e. The third-order valence-corrected chi connectivity index (χ3v) is 5.11. The van der Waals surface area contributed by atoms with Crippen LogP contribution in [-0.2, 0) is 25.8 Å². The van der Waals surface area contributed by atoms with Crippen LogP contribution in [0.2, 0.25) is 0 Å². The quantitative estimate of drug-likeness (QED) is 0.303. The molecule has 2 aliphatic rings. The maximum absolute atomic E-state index is 12.8. The van der Waals surface area contributed by atoms with Crippen LogP contribution in [0.25, 0.3) is 0 Å². The van der Waals surface area contributed by atoms with E-state index < -0.39 is 11.7 Å². The molecule has 1 aromatic carbocycles. The van der Waals surface area contributed by atoms with Crippen molar-refractivity contribution in [2.45, 2.75) is 57.9 Å². The number of piperidine rings is 1. The van der Waals surface area contributed by atoms with E-state index in [2.05, 4.69) is 10.8 Å². The predicted octanol–water partition coefficient (Wildman–Crippen LogP) is 2.41.